The molecule has 12 rings (SSSR count). The zero-order valence-corrected chi connectivity index (χ0v) is 33.3. The van der Waals surface area contributed by atoms with Crippen LogP contribution in [0.2, 0.25) is 0 Å². The van der Waals surface area contributed by atoms with Gasteiger partial charge in [-0.15, -0.1) is 0 Å². The molecule has 0 heterocycles. The Morgan fingerprint density at radius 3 is 1.56 bits per heavy atom. The summed E-state index contributed by atoms with van der Waals surface area (Å²) in [6.07, 6.45) is 7.81. The van der Waals surface area contributed by atoms with Crippen molar-refractivity contribution in [3.63, 3.8) is 0 Å². The molecule has 3 aliphatic carbocycles. The van der Waals surface area contributed by atoms with Gasteiger partial charge in [-0.05, 0) is 152 Å². The van der Waals surface area contributed by atoms with E-state index < -0.39 is 0 Å². The highest BCUT2D eigenvalue weighted by Crippen LogP contribution is 2.58. The fourth-order valence-electron chi connectivity index (χ4n) is 10.8. The SMILES string of the molecule is CC12CCc3cc(N(c4ccc5ccccc5c4)c4cccc5ccccc45)cc4c3C1=C(C=C(N(c1ccc3ccccc3c1)c1cccc3ccccc13)C2)CC4. The third kappa shape index (κ3) is 5.54. The average molecular weight is 757 g/mol. The molecule has 0 aliphatic heterocycles. The van der Waals surface area contributed by atoms with Gasteiger partial charge in [0.05, 0.1) is 11.4 Å². The van der Waals surface area contributed by atoms with Gasteiger partial charge in [0.1, 0.15) is 0 Å². The molecular formula is C57H44N2. The molecule has 0 bridgehead atoms. The van der Waals surface area contributed by atoms with Crippen LogP contribution in [0, 0.1) is 5.41 Å². The van der Waals surface area contributed by atoms with Gasteiger partial charge in [0, 0.05) is 33.5 Å². The number of fused-ring (bicyclic) bond motifs is 4. The van der Waals surface area contributed by atoms with Crippen molar-refractivity contribution in [3.05, 3.63) is 216 Å². The van der Waals surface area contributed by atoms with Crippen LogP contribution in [0.15, 0.2) is 199 Å². The lowest BCUT2D eigenvalue weighted by atomic mass is 9.60. The molecule has 9 aromatic rings. The second-order valence-corrected chi connectivity index (χ2v) is 17.1. The van der Waals surface area contributed by atoms with Crippen LogP contribution >= 0.6 is 0 Å². The second kappa shape index (κ2) is 13.3. The van der Waals surface area contributed by atoms with Gasteiger partial charge >= 0.3 is 0 Å². The standard InChI is InChI=1S/C57H44N2/c1-57-31-30-45-35-49(58(47-28-26-38-12-2-4-16-42(38)32-47)53-22-10-18-40-14-6-8-20-51(40)53)34-44-24-25-46(56(57)55(44)45)36-50(37-57)59(48-29-27-39-13-3-5-17-43(39)33-48)54-23-11-19-41-15-7-9-21-52(41)54/h2-23,26-29,32-36H,24-25,30-31,37H2,1H3. The largest absolute Gasteiger partial charge is 0.314 e. The van der Waals surface area contributed by atoms with E-state index in [0.29, 0.717) is 0 Å². The number of anilines is 5. The Morgan fingerprint density at radius 1 is 0.424 bits per heavy atom. The quantitative estimate of drug-likeness (QED) is 0.167. The number of nitrogens with zero attached hydrogens (tertiary/aromatic N) is 2. The van der Waals surface area contributed by atoms with Crippen LogP contribution < -0.4 is 9.80 Å². The highest BCUT2D eigenvalue weighted by Gasteiger charge is 2.43. The van der Waals surface area contributed by atoms with Crippen LogP contribution in [0.4, 0.5) is 28.4 Å². The van der Waals surface area contributed by atoms with Crippen LogP contribution in [-0.2, 0) is 12.8 Å². The summed E-state index contributed by atoms with van der Waals surface area (Å²) in [5.41, 5.74) is 15.2. The fourth-order valence-corrected chi connectivity index (χ4v) is 10.8. The molecule has 0 radical (unpaired) electrons. The van der Waals surface area contributed by atoms with E-state index in [4.69, 9.17) is 0 Å². The minimum atomic E-state index is 0.0243. The van der Waals surface area contributed by atoms with Crippen molar-refractivity contribution in [2.45, 2.75) is 39.0 Å². The third-order valence-corrected chi connectivity index (χ3v) is 13.5. The number of hydrogen-bond donors (Lipinski definition) is 0. The van der Waals surface area contributed by atoms with Crippen LogP contribution in [0.25, 0.3) is 48.7 Å². The summed E-state index contributed by atoms with van der Waals surface area (Å²) in [5, 5.41) is 10.1. The van der Waals surface area contributed by atoms with Gasteiger partial charge in [0.15, 0.2) is 0 Å². The molecule has 0 N–H and O–H groups in total. The van der Waals surface area contributed by atoms with E-state index in [9.17, 15) is 0 Å². The van der Waals surface area contributed by atoms with E-state index in [-0.39, 0.29) is 5.41 Å². The average Bonchev–Trinajstić information content (AvgIpc) is 3.28. The Bertz CT molecular complexity index is 3230. The van der Waals surface area contributed by atoms with E-state index in [2.05, 4.69) is 205 Å². The molecule has 1 unspecified atom stereocenters. The maximum absolute atomic E-state index is 2.59. The zero-order chi connectivity index (χ0) is 39.1. The third-order valence-electron chi connectivity index (χ3n) is 13.5. The van der Waals surface area contributed by atoms with Gasteiger partial charge in [-0.2, -0.15) is 0 Å². The Hall–Kier alpha value is -6.90. The number of benzene rings is 9. The maximum Gasteiger partial charge on any atom is 0.0540 e. The summed E-state index contributed by atoms with van der Waals surface area (Å²) in [4.78, 5) is 5.11. The van der Waals surface area contributed by atoms with Crippen molar-refractivity contribution in [1.29, 1.82) is 0 Å². The molecule has 9 aromatic carbocycles. The molecule has 282 valence electrons. The molecule has 1 atom stereocenters. The second-order valence-electron chi connectivity index (χ2n) is 17.1. The molecule has 2 nitrogen and oxygen atoms in total. The van der Waals surface area contributed by atoms with E-state index in [1.807, 2.05) is 0 Å². The summed E-state index contributed by atoms with van der Waals surface area (Å²) in [6, 6.07) is 67.7. The number of allylic oxidation sites excluding steroid dienone is 4. The molecule has 59 heavy (non-hydrogen) atoms. The highest BCUT2D eigenvalue weighted by molar-refractivity contribution is 6.02. The van der Waals surface area contributed by atoms with E-state index in [1.165, 1.54) is 99.5 Å². The van der Waals surface area contributed by atoms with Gasteiger partial charge in [-0.1, -0.05) is 140 Å². The predicted molar refractivity (Wildman–Crippen MR) is 251 cm³/mol. The monoisotopic (exact) mass is 756 g/mol. The van der Waals surface area contributed by atoms with Gasteiger partial charge < -0.3 is 9.80 Å². The Labute approximate surface area is 346 Å². The molecule has 0 saturated heterocycles. The van der Waals surface area contributed by atoms with Crippen molar-refractivity contribution in [3.8, 4) is 0 Å². The lowest BCUT2D eigenvalue weighted by Gasteiger charge is -2.47. The first-order valence-electron chi connectivity index (χ1n) is 21.2. The first-order valence-corrected chi connectivity index (χ1v) is 21.2. The lowest BCUT2D eigenvalue weighted by molar-refractivity contribution is 0.383. The van der Waals surface area contributed by atoms with Gasteiger partial charge in [-0.3, -0.25) is 0 Å². The summed E-state index contributed by atoms with van der Waals surface area (Å²) < 4.78 is 0. The Kier molecular flexibility index (Phi) is 7.72. The normalized spacial score (nSPS) is 17.0. The molecule has 3 aliphatic rings. The topological polar surface area (TPSA) is 6.48 Å². The van der Waals surface area contributed by atoms with Gasteiger partial charge in [-0.25, -0.2) is 0 Å². The summed E-state index contributed by atoms with van der Waals surface area (Å²) in [6.45, 7) is 2.56. The van der Waals surface area contributed by atoms with Crippen molar-refractivity contribution >= 4 is 77.1 Å². The Balaban J connectivity index is 1.03. The minimum Gasteiger partial charge on any atom is -0.314 e. The van der Waals surface area contributed by atoms with Gasteiger partial charge in [0.25, 0.3) is 0 Å². The van der Waals surface area contributed by atoms with Crippen molar-refractivity contribution in [1.82, 2.24) is 0 Å². The summed E-state index contributed by atoms with van der Waals surface area (Å²) in [5.74, 6) is 0. The molecule has 0 amide bonds. The number of aryl methyl sites for hydroxylation is 2. The van der Waals surface area contributed by atoms with E-state index in [0.717, 1.165) is 32.1 Å². The molecule has 0 spiro atoms. The first kappa shape index (κ1) is 34.2. The van der Waals surface area contributed by atoms with Crippen molar-refractivity contribution in [2.75, 3.05) is 9.80 Å². The summed E-state index contributed by atoms with van der Waals surface area (Å²) in [7, 11) is 0. The highest BCUT2D eigenvalue weighted by atomic mass is 15.2. The molecule has 2 heteroatoms. The smallest absolute Gasteiger partial charge is 0.0540 e. The first-order chi connectivity index (χ1) is 29.1. The van der Waals surface area contributed by atoms with Gasteiger partial charge in [0.2, 0.25) is 0 Å². The summed E-state index contributed by atoms with van der Waals surface area (Å²) >= 11 is 0. The van der Waals surface area contributed by atoms with Crippen LogP contribution in [0.3, 0.4) is 0 Å². The maximum atomic E-state index is 2.59. The van der Waals surface area contributed by atoms with Crippen molar-refractivity contribution < 1.29 is 0 Å². The molecular weight excluding hydrogens is 713 g/mol. The fraction of sp³-hybridized carbons (Fsp3) is 0.123. The molecule has 0 aromatic heterocycles. The Morgan fingerprint density at radius 2 is 0.932 bits per heavy atom. The van der Waals surface area contributed by atoms with E-state index in [1.54, 1.807) is 5.57 Å². The predicted octanol–water partition coefficient (Wildman–Crippen LogP) is 15.5. The number of rotatable bonds is 6. The van der Waals surface area contributed by atoms with Crippen LogP contribution in [0.5, 0.6) is 0 Å². The van der Waals surface area contributed by atoms with E-state index >= 15 is 0 Å². The molecule has 0 fully saturated rings. The minimum absolute atomic E-state index is 0.0243. The van der Waals surface area contributed by atoms with Crippen LogP contribution in [0.1, 0.15) is 42.9 Å². The number of hydrogen-bond acceptors (Lipinski definition) is 2. The molecule has 0 saturated carbocycles. The van der Waals surface area contributed by atoms with Crippen molar-refractivity contribution in [2.24, 2.45) is 5.41 Å². The van der Waals surface area contributed by atoms with Crippen LogP contribution in [-0.4, -0.2) is 0 Å². The zero-order valence-electron chi connectivity index (χ0n) is 33.3. The lowest BCUT2D eigenvalue weighted by Crippen LogP contribution is -2.34.